The Morgan fingerprint density at radius 1 is 1.13 bits per heavy atom. The molecule has 1 fully saturated rings. The van der Waals surface area contributed by atoms with Crippen LogP contribution in [0.3, 0.4) is 0 Å². The molecular weight excluding hydrogens is 380 g/mol. The lowest BCUT2D eigenvalue weighted by molar-refractivity contribution is 0.181. The van der Waals surface area contributed by atoms with Gasteiger partial charge in [-0.3, -0.25) is 5.43 Å². The number of aromatic nitrogens is 1. The number of hydrogen-bond acceptors (Lipinski definition) is 5. The van der Waals surface area contributed by atoms with Gasteiger partial charge in [-0.2, -0.15) is 0 Å². The Labute approximate surface area is 176 Å². The minimum atomic E-state index is -0.0850. The molecule has 156 valence electrons. The van der Waals surface area contributed by atoms with Gasteiger partial charge in [0.25, 0.3) is 0 Å². The number of urea groups is 1. The Kier molecular flexibility index (Phi) is 5.99. The van der Waals surface area contributed by atoms with E-state index < -0.39 is 0 Å². The summed E-state index contributed by atoms with van der Waals surface area (Å²) in [7, 11) is 0. The van der Waals surface area contributed by atoms with E-state index in [4.69, 9.17) is 9.15 Å². The maximum atomic E-state index is 11.9. The summed E-state index contributed by atoms with van der Waals surface area (Å²) in [6.07, 6.45) is 3.01. The van der Waals surface area contributed by atoms with Crippen molar-refractivity contribution in [3.05, 3.63) is 72.1 Å². The highest BCUT2D eigenvalue weighted by Gasteiger charge is 2.32. The van der Waals surface area contributed by atoms with Gasteiger partial charge < -0.3 is 14.1 Å². The predicted molar refractivity (Wildman–Crippen MR) is 114 cm³/mol. The van der Waals surface area contributed by atoms with Crippen LogP contribution in [-0.4, -0.2) is 34.7 Å². The fraction of sp³-hybridized carbons (Fsp3) is 0.304. The van der Waals surface area contributed by atoms with E-state index in [9.17, 15) is 4.79 Å². The van der Waals surface area contributed by atoms with E-state index in [0.717, 1.165) is 29.0 Å². The number of amides is 2. The highest BCUT2D eigenvalue weighted by molar-refractivity contribution is 5.76. The van der Waals surface area contributed by atoms with Gasteiger partial charge in [0.2, 0.25) is 5.89 Å². The molecule has 1 atom stereocenters. The highest BCUT2D eigenvalue weighted by Crippen LogP contribution is 2.19. The van der Waals surface area contributed by atoms with Crippen molar-refractivity contribution >= 4 is 6.03 Å². The Morgan fingerprint density at radius 3 is 2.63 bits per heavy atom. The van der Waals surface area contributed by atoms with Gasteiger partial charge in [0.1, 0.15) is 18.2 Å². The Hall–Kier alpha value is -3.32. The van der Waals surface area contributed by atoms with E-state index in [0.29, 0.717) is 18.9 Å². The molecule has 0 bridgehead atoms. The molecule has 30 heavy (non-hydrogen) atoms. The van der Waals surface area contributed by atoms with Crippen molar-refractivity contribution in [3.63, 3.8) is 0 Å². The number of ether oxygens (including phenoxy) is 1. The molecule has 0 radical (unpaired) electrons. The minimum absolute atomic E-state index is 0.0600. The predicted octanol–water partition coefficient (Wildman–Crippen LogP) is 3.77. The number of carbonyl (C=O) groups excluding carboxylic acids is 1. The van der Waals surface area contributed by atoms with E-state index in [1.54, 1.807) is 6.26 Å². The zero-order valence-electron chi connectivity index (χ0n) is 17.2. The van der Waals surface area contributed by atoms with Gasteiger partial charge in [0, 0.05) is 24.4 Å². The van der Waals surface area contributed by atoms with Crippen molar-refractivity contribution in [2.75, 3.05) is 6.61 Å². The SMILES string of the molecule is CC(C)N1C(=O)NNC1Cc1ccc(OCCc2coc(-c3ccccc3)n2)cc1. The summed E-state index contributed by atoms with van der Waals surface area (Å²) in [5.74, 6) is 1.43. The third kappa shape index (κ3) is 4.63. The molecule has 1 aliphatic rings. The molecule has 7 heteroatoms. The Morgan fingerprint density at radius 2 is 1.90 bits per heavy atom. The summed E-state index contributed by atoms with van der Waals surface area (Å²) < 4.78 is 11.4. The minimum Gasteiger partial charge on any atom is -0.493 e. The van der Waals surface area contributed by atoms with Crippen LogP contribution in [0.2, 0.25) is 0 Å². The van der Waals surface area contributed by atoms with Gasteiger partial charge in [-0.05, 0) is 43.7 Å². The first-order valence-electron chi connectivity index (χ1n) is 10.2. The molecular formula is C23H26N4O3. The summed E-state index contributed by atoms with van der Waals surface area (Å²) in [6.45, 7) is 4.53. The number of oxazole rings is 1. The van der Waals surface area contributed by atoms with Gasteiger partial charge in [-0.25, -0.2) is 15.2 Å². The second-order valence-corrected chi connectivity index (χ2v) is 7.55. The third-order valence-electron chi connectivity index (χ3n) is 5.02. The first kappa shape index (κ1) is 20.0. The average molecular weight is 406 g/mol. The number of benzene rings is 2. The molecule has 4 rings (SSSR count). The van der Waals surface area contributed by atoms with Gasteiger partial charge in [-0.1, -0.05) is 30.3 Å². The highest BCUT2D eigenvalue weighted by atomic mass is 16.5. The van der Waals surface area contributed by atoms with Crippen molar-refractivity contribution in [1.82, 2.24) is 20.7 Å². The smallest absolute Gasteiger partial charge is 0.333 e. The summed E-state index contributed by atoms with van der Waals surface area (Å²) >= 11 is 0. The maximum absolute atomic E-state index is 11.9. The summed E-state index contributed by atoms with van der Waals surface area (Å²) in [5, 5.41) is 0. The largest absolute Gasteiger partial charge is 0.493 e. The number of rotatable bonds is 8. The van der Waals surface area contributed by atoms with Crippen molar-refractivity contribution in [1.29, 1.82) is 0 Å². The fourth-order valence-electron chi connectivity index (χ4n) is 3.52. The molecule has 1 unspecified atom stereocenters. The molecule has 2 amide bonds. The average Bonchev–Trinajstić information content (AvgIpc) is 3.37. The van der Waals surface area contributed by atoms with Crippen molar-refractivity contribution < 1.29 is 13.9 Å². The van der Waals surface area contributed by atoms with Crippen LogP contribution in [0.1, 0.15) is 25.1 Å². The molecule has 0 saturated carbocycles. The summed E-state index contributed by atoms with van der Waals surface area (Å²) in [6, 6.07) is 17.9. The molecule has 1 aromatic heterocycles. The molecule has 3 aromatic rings. The Bertz CT molecular complexity index is 970. The number of carbonyl (C=O) groups is 1. The molecule has 1 saturated heterocycles. The molecule has 2 N–H and O–H groups in total. The molecule has 7 nitrogen and oxygen atoms in total. The number of nitrogens with one attached hydrogen (secondary N) is 2. The van der Waals surface area contributed by atoms with Gasteiger partial charge >= 0.3 is 6.03 Å². The number of hydrogen-bond donors (Lipinski definition) is 2. The lowest BCUT2D eigenvalue weighted by Gasteiger charge is -2.26. The maximum Gasteiger partial charge on any atom is 0.333 e. The summed E-state index contributed by atoms with van der Waals surface area (Å²) in [4.78, 5) is 18.2. The van der Waals surface area contributed by atoms with Crippen LogP contribution in [0.15, 0.2) is 65.3 Å². The van der Waals surface area contributed by atoms with Gasteiger partial charge in [0.15, 0.2) is 0 Å². The van der Waals surface area contributed by atoms with E-state index in [-0.39, 0.29) is 18.2 Å². The van der Waals surface area contributed by atoms with Crippen LogP contribution in [0.4, 0.5) is 4.79 Å². The summed E-state index contributed by atoms with van der Waals surface area (Å²) in [5.41, 5.74) is 8.69. The van der Waals surface area contributed by atoms with Crippen molar-refractivity contribution in [3.8, 4) is 17.2 Å². The van der Waals surface area contributed by atoms with Crippen LogP contribution in [-0.2, 0) is 12.8 Å². The van der Waals surface area contributed by atoms with E-state index in [1.165, 1.54) is 0 Å². The zero-order valence-corrected chi connectivity index (χ0v) is 17.2. The monoisotopic (exact) mass is 406 g/mol. The fourth-order valence-corrected chi connectivity index (χ4v) is 3.52. The second-order valence-electron chi connectivity index (χ2n) is 7.55. The van der Waals surface area contributed by atoms with E-state index in [1.807, 2.05) is 73.3 Å². The van der Waals surface area contributed by atoms with Gasteiger partial charge in [-0.15, -0.1) is 0 Å². The van der Waals surface area contributed by atoms with Crippen LogP contribution in [0.25, 0.3) is 11.5 Å². The van der Waals surface area contributed by atoms with Crippen molar-refractivity contribution in [2.24, 2.45) is 0 Å². The third-order valence-corrected chi connectivity index (χ3v) is 5.02. The zero-order chi connectivity index (χ0) is 20.9. The Balaban J connectivity index is 1.27. The molecule has 1 aliphatic heterocycles. The quantitative estimate of drug-likeness (QED) is 0.595. The van der Waals surface area contributed by atoms with Crippen LogP contribution in [0, 0.1) is 0 Å². The normalized spacial score (nSPS) is 16.2. The van der Waals surface area contributed by atoms with Crippen LogP contribution < -0.4 is 15.6 Å². The topological polar surface area (TPSA) is 79.6 Å². The lowest BCUT2D eigenvalue weighted by atomic mass is 10.1. The van der Waals surface area contributed by atoms with Gasteiger partial charge in [0.05, 0.1) is 12.3 Å². The van der Waals surface area contributed by atoms with Crippen molar-refractivity contribution in [2.45, 2.75) is 38.9 Å². The van der Waals surface area contributed by atoms with Crippen LogP contribution >= 0.6 is 0 Å². The van der Waals surface area contributed by atoms with E-state index in [2.05, 4.69) is 15.8 Å². The molecule has 0 spiro atoms. The molecule has 2 heterocycles. The molecule has 2 aromatic carbocycles. The lowest BCUT2D eigenvalue weighted by Crippen LogP contribution is -2.42. The number of nitrogens with zero attached hydrogens (tertiary/aromatic N) is 2. The molecule has 0 aliphatic carbocycles. The van der Waals surface area contributed by atoms with E-state index >= 15 is 0 Å². The second kappa shape index (κ2) is 9.00. The first-order valence-corrected chi connectivity index (χ1v) is 10.2. The standard InChI is InChI=1S/C23H26N4O3/c1-16(2)27-21(25-26-23(27)28)14-17-8-10-20(11-9-17)29-13-12-19-15-30-22(24-19)18-6-4-3-5-7-18/h3-11,15-16,21,25H,12-14H2,1-2H3,(H,26,28). The van der Waals surface area contributed by atoms with Crippen LogP contribution in [0.5, 0.6) is 5.75 Å². The number of hydrazine groups is 1. The first-order chi connectivity index (χ1) is 14.6.